The van der Waals surface area contributed by atoms with Crippen LogP contribution in [0.4, 0.5) is 16.2 Å². The molecule has 2 aromatic rings. The van der Waals surface area contributed by atoms with Gasteiger partial charge in [-0.1, -0.05) is 44.2 Å². The van der Waals surface area contributed by atoms with Gasteiger partial charge in [0.2, 0.25) is 11.8 Å². The number of piperazine rings is 1. The second-order valence-electron chi connectivity index (χ2n) is 9.69. The van der Waals surface area contributed by atoms with E-state index in [4.69, 9.17) is 5.11 Å². The average Bonchev–Trinajstić information content (AvgIpc) is 2.78. The molecule has 1 atom stereocenters. The summed E-state index contributed by atoms with van der Waals surface area (Å²) >= 11 is 0. The normalized spacial score (nSPS) is 15.7. The summed E-state index contributed by atoms with van der Waals surface area (Å²) in [5.74, 6) is -1.32. The second-order valence-corrected chi connectivity index (χ2v) is 9.69. The van der Waals surface area contributed by atoms with Gasteiger partial charge in [0, 0.05) is 17.9 Å². The number of para-hydroxylation sites is 1. The highest BCUT2D eigenvalue weighted by Crippen LogP contribution is 2.22. The summed E-state index contributed by atoms with van der Waals surface area (Å²) in [6.45, 7) is 7.57. The van der Waals surface area contributed by atoms with E-state index in [1.165, 1.54) is 4.90 Å². The highest BCUT2D eigenvalue weighted by molar-refractivity contribution is 6.00. The van der Waals surface area contributed by atoms with Crippen molar-refractivity contribution in [2.24, 2.45) is 5.92 Å². The molecule has 2 aromatic carbocycles. The van der Waals surface area contributed by atoms with Gasteiger partial charge in [-0.2, -0.15) is 0 Å². The van der Waals surface area contributed by atoms with Crippen LogP contribution in [-0.2, 0) is 20.8 Å². The Bertz CT molecular complexity index is 1150. The first-order chi connectivity index (χ1) is 17.0. The van der Waals surface area contributed by atoms with Crippen molar-refractivity contribution < 1.29 is 24.3 Å². The molecule has 1 unspecified atom stereocenters. The molecule has 1 saturated heterocycles. The maximum absolute atomic E-state index is 13.2. The average molecular weight is 495 g/mol. The molecule has 9 nitrogen and oxygen atoms in total. The Balaban J connectivity index is 1.66. The number of aliphatic carboxylic acids is 1. The largest absolute Gasteiger partial charge is 0.480 e. The Kier molecular flexibility index (Phi) is 8.68. The number of carboxylic acid groups (broad SMARTS) is 1. The van der Waals surface area contributed by atoms with Crippen molar-refractivity contribution in [3.63, 3.8) is 0 Å². The summed E-state index contributed by atoms with van der Waals surface area (Å²) in [6.07, 6.45) is 0.782. The van der Waals surface area contributed by atoms with Gasteiger partial charge in [0.15, 0.2) is 0 Å². The number of carboxylic acids is 1. The van der Waals surface area contributed by atoms with E-state index in [-0.39, 0.29) is 55.9 Å². The number of amides is 4. The summed E-state index contributed by atoms with van der Waals surface area (Å²) in [5, 5.41) is 14.8. The van der Waals surface area contributed by atoms with Crippen molar-refractivity contribution in [2.45, 2.75) is 46.6 Å². The molecule has 1 heterocycles. The predicted molar refractivity (Wildman–Crippen MR) is 138 cm³/mol. The monoisotopic (exact) mass is 494 g/mol. The molecule has 192 valence electrons. The zero-order valence-electron chi connectivity index (χ0n) is 21.2. The lowest BCUT2D eigenvalue weighted by Gasteiger charge is -2.41. The van der Waals surface area contributed by atoms with Crippen LogP contribution in [0, 0.1) is 19.8 Å². The SMILES string of the molecule is Cc1ccccc1NC(=O)Nc1ccc(CC(=O)N2CC(=O)N(CC(=O)O)CC2CC(C)C)cc1C. The van der Waals surface area contributed by atoms with E-state index >= 15 is 0 Å². The predicted octanol–water partition coefficient (Wildman–Crippen LogP) is 3.66. The van der Waals surface area contributed by atoms with Crippen LogP contribution in [-0.4, -0.2) is 64.4 Å². The van der Waals surface area contributed by atoms with Gasteiger partial charge >= 0.3 is 12.0 Å². The fourth-order valence-corrected chi connectivity index (χ4v) is 4.42. The van der Waals surface area contributed by atoms with E-state index in [0.717, 1.165) is 22.4 Å². The molecular weight excluding hydrogens is 460 g/mol. The highest BCUT2D eigenvalue weighted by Gasteiger charge is 2.35. The van der Waals surface area contributed by atoms with Crippen molar-refractivity contribution in [1.82, 2.24) is 9.80 Å². The second kappa shape index (κ2) is 11.7. The van der Waals surface area contributed by atoms with Crippen LogP contribution in [0.5, 0.6) is 0 Å². The van der Waals surface area contributed by atoms with Crippen LogP contribution in [0.15, 0.2) is 42.5 Å². The molecule has 0 spiro atoms. The number of urea groups is 1. The maximum Gasteiger partial charge on any atom is 0.323 e. The third-order valence-corrected chi connectivity index (χ3v) is 6.21. The lowest BCUT2D eigenvalue weighted by Crippen LogP contribution is -2.59. The number of nitrogens with zero attached hydrogens (tertiary/aromatic N) is 2. The highest BCUT2D eigenvalue weighted by atomic mass is 16.4. The van der Waals surface area contributed by atoms with E-state index in [9.17, 15) is 19.2 Å². The van der Waals surface area contributed by atoms with Gasteiger partial charge < -0.3 is 25.5 Å². The zero-order valence-corrected chi connectivity index (χ0v) is 21.2. The Hall–Kier alpha value is -3.88. The third-order valence-electron chi connectivity index (χ3n) is 6.21. The number of hydrogen-bond donors (Lipinski definition) is 3. The molecule has 1 fully saturated rings. The van der Waals surface area contributed by atoms with Crippen LogP contribution < -0.4 is 10.6 Å². The topological polar surface area (TPSA) is 119 Å². The van der Waals surface area contributed by atoms with E-state index < -0.39 is 5.97 Å². The lowest BCUT2D eigenvalue weighted by atomic mass is 9.98. The molecule has 0 aromatic heterocycles. The lowest BCUT2D eigenvalue weighted by molar-refractivity contribution is -0.153. The van der Waals surface area contributed by atoms with Crippen molar-refractivity contribution in [1.29, 1.82) is 0 Å². The van der Waals surface area contributed by atoms with Crippen LogP contribution in [0.25, 0.3) is 0 Å². The number of benzene rings is 2. The molecule has 0 radical (unpaired) electrons. The van der Waals surface area contributed by atoms with Crippen LogP contribution in [0.1, 0.15) is 37.0 Å². The van der Waals surface area contributed by atoms with Crippen LogP contribution >= 0.6 is 0 Å². The first kappa shape index (κ1) is 26.7. The standard InChI is InChI=1S/C27H34N4O5/c1-17(2)11-21-14-30(16-26(34)35)25(33)15-31(21)24(32)13-20-9-10-23(19(4)12-20)29-27(36)28-22-8-6-5-7-18(22)3/h5-10,12,17,21H,11,13-16H2,1-4H3,(H,34,35)(H2,28,29,36). The summed E-state index contributed by atoms with van der Waals surface area (Å²) in [4.78, 5) is 52.2. The van der Waals surface area contributed by atoms with Crippen molar-refractivity contribution >= 4 is 35.2 Å². The smallest absolute Gasteiger partial charge is 0.323 e. The van der Waals surface area contributed by atoms with Gasteiger partial charge in [0.1, 0.15) is 13.1 Å². The quantitative estimate of drug-likeness (QED) is 0.518. The molecule has 0 bridgehead atoms. The fourth-order valence-electron chi connectivity index (χ4n) is 4.42. The van der Waals surface area contributed by atoms with E-state index in [2.05, 4.69) is 10.6 Å². The number of hydrogen-bond acceptors (Lipinski definition) is 4. The molecule has 0 saturated carbocycles. The van der Waals surface area contributed by atoms with Crippen molar-refractivity contribution in [3.8, 4) is 0 Å². The minimum atomic E-state index is -1.07. The van der Waals surface area contributed by atoms with E-state index in [1.807, 2.05) is 58.0 Å². The Morgan fingerprint density at radius 2 is 1.69 bits per heavy atom. The molecule has 3 N–H and O–H groups in total. The number of anilines is 2. The molecule has 1 aliphatic rings. The molecule has 0 aliphatic carbocycles. The number of aryl methyl sites for hydroxylation is 2. The summed E-state index contributed by atoms with van der Waals surface area (Å²) < 4.78 is 0. The number of nitrogens with one attached hydrogen (secondary N) is 2. The van der Waals surface area contributed by atoms with Gasteiger partial charge in [-0.05, 0) is 55.0 Å². The van der Waals surface area contributed by atoms with Crippen LogP contribution in [0.3, 0.4) is 0 Å². The van der Waals surface area contributed by atoms with E-state index in [1.54, 1.807) is 17.0 Å². The molecule has 4 amide bonds. The molecule has 36 heavy (non-hydrogen) atoms. The number of carbonyl (C=O) groups excluding carboxylic acids is 3. The number of rotatable bonds is 8. The molecular formula is C27H34N4O5. The van der Waals surface area contributed by atoms with Gasteiger partial charge in [-0.25, -0.2) is 4.79 Å². The molecule has 1 aliphatic heterocycles. The Morgan fingerprint density at radius 1 is 1.03 bits per heavy atom. The van der Waals surface area contributed by atoms with Crippen LogP contribution in [0.2, 0.25) is 0 Å². The summed E-state index contributed by atoms with van der Waals surface area (Å²) in [7, 11) is 0. The molecule has 3 rings (SSSR count). The fraction of sp³-hybridized carbons (Fsp3) is 0.407. The van der Waals surface area contributed by atoms with Crippen molar-refractivity contribution in [3.05, 3.63) is 59.2 Å². The van der Waals surface area contributed by atoms with Gasteiger partial charge in [-0.3, -0.25) is 14.4 Å². The zero-order chi connectivity index (χ0) is 26.4. The minimum Gasteiger partial charge on any atom is -0.480 e. The summed E-state index contributed by atoms with van der Waals surface area (Å²) in [5.41, 5.74) is 3.89. The third kappa shape index (κ3) is 7.07. The summed E-state index contributed by atoms with van der Waals surface area (Å²) in [6, 6.07) is 12.3. The van der Waals surface area contributed by atoms with E-state index in [0.29, 0.717) is 12.1 Å². The Morgan fingerprint density at radius 3 is 2.31 bits per heavy atom. The minimum absolute atomic E-state index is 0.108. The van der Waals surface area contributed by atoms with Crippen molar-refractivity contribution in [2.75, 3.05) is 30.3 Å². The number of carbonyl (C=O) groups is 4. The first-order valence-electron chi connectivity index (χ1n) is 12.1. The van der Waals surface area contributed by atoms with Gasteiger partial charge in [0.05, 0.1) is 12.5 Å². The Labute approximate surface area is 211 Å². The van der Waals surface area contributed by atoms with Gasteiger partial charge in [0.25, 0.3) is 0 Å². The molecule has 9 heteroatoms. The van der Waals surface area contributed by atoms with Gasteiger partial charge in [-0.15, -0.1) is 0 Å². The maximum atomic E-state index is 13.2. The first-order valence-corrected chi connectivity index (χ1v) is 12.1.